The van der Waals surface area contributed by atoms with E-state index in [-0.39, 0.29) is 12.8 Å². The molecular formula is C14H21NO5. The number of hydrogen-bond donors (Lipinski definition) is 3. The minimum Gasteiger partial charge on any atom is -0.481 e. The van der Waals surface area contributed by atoms with Crippen molar-refractivity contribution in [2.45, 2.75) is 33.0 Å². The van der Waals surface area contributed by atoms with Gasteiger partial charge in [-0.2, -0.15) is 0 Å². The highest BCUT2D eigenvalue weighted by Crippen LogP contribution is 2.35. The van der Waals surface area contributed by atoms with Crippen molar-refractivity contribution in [3.8, 4) is 0 Å². The molecule has 0 heterocycles. The zero-order chi connectivity index (χ0) is 14.7. The first-order valence-corrected chi connectivity index (χ1v) is 5.86. The maximum atomic E-state index is 11.4. The molecule has 5 N–H and O–H groups in total. The summed E-state index contributed by atoms with van der Waals surface area (Å²) in [6.45, 7) is 4.01. The monoisotopic (exact) mass is 283 g/mol. The molecule has 0 aromatic heterocycles. The first-order valence-electron chi connectivity index (χ1n) is 5.86. The Balaban J connectivity index is 0.00000361. The van der Waals surface area contributed by atoms with Crippen LogP contribution in [-0.2, 0) is 20.9 Å². The van der Waals surface area contributed by atoms with Gasteiger partial charge in [0.05, 0.1) is 6.61 Å². The van der Waals surface area contributed by atoms with Crippen LogP contribution in [-0.4, -0.2) is 27.8 Å². The highest BCUT2D eigenvalue weighted by molar-refractivity contribution is 5.87. The van der Waals surface area contributed by atoms with Crippen molar-refractivity contribution in [3.05, 3.63) is 35.9 Å². The summed E-state index contributed by atoms with van der Waals surface area (Å²) in [5, 5.41) is 18.5. The highest BCUT2D eigenvalue weighted by atomic mass is 16.5. The molecule has 0 fully saturated rings. The van der Waals surface area contributed by atoms with E-state index in [1.54, 1.807) is 24.3 Å². The van der Waals surface area contributed by atoms with Crippen molar-refractivity contribution in [2.75, 3.05) is 0 Å². The molecule has 112 valence electrons. The standard InChI is InChI=1S/C14H18O5.H3N/c1-13(2,11(15)16)14(3,12(17)18)19-9-10-7-5-4-6-8-10;/h4-8H,9H2,1-3H3,(H,15,16)(H,17,18);1H3. The molecule has 0 aliphatic rings. The molecular weight excluding hydrogens is 262 g/mol. The van der Waals surface area contributed by atoms with Crippen molar-refractivity contribution in [3.63, 3.8) is 0 Å². The summed E-state index contributed by atoms with van der Waals surface area (Å²) in [7, 11) is 0. The van der Waals surface area contributed by atoms with Crippen molar-refractivity contribution in [1.82, 2.24) is 6.15 Å². The third kappa shape index (κ3) is 3.34. The van der Waals surface area contributed by atoms with Gasteiger partial charge >= 0.3 is 11.9 Å². The van der Waals surface area contributed by atoms with Crippen LogP contribution in [0.1, 0.15) is 26.3 Å². The number of benzene rings is 1. The zero-order valence-corrected chi connectivity index (χ0v) is 11.9. The van der Waals surface area contributed by atoms with Crippen LogP contribution in [0.3, 0.4) is 0 Å². The summed E-state index contributed by atoms with van der Waals surface area (Å²) in [4.78, 5) is 22.6. The molecule has 1 rings (SSSR count). The van der Waals surface area contributed by atoms with E-state index in [0.717, 1.165) is 5.56 Å². The average Bonchev–Trinajstić information content (AvgIpc) is 2.36. The van der Waals surface area contributed by atoms with Crippen LogP contribution in [0.2, 0.25) is 0 Å². The van der Waals surface area contributed by atoms with E-state index in [1.807, 2.05) is 6.07 Å². The maximum absolute atomic E-state index is 11.4. The third-order valence-electron chi connectivity index (χ3n) is 3.51. The molecule has 0 bridgehead atoms. The van der Waals surface area contributed by atoms with Crippen LogP contribution in [0, 0.1) is 5.41 Å². The van der Waals surface area contributed by atoms with E-state index in [1.165, 1.54) is 20.8 Å². The van der Waals surface area contributed by atoms with Crippen LogP contribution in [0.25, 0.3) is 0 Å². The van der Waals surface area contributed by atoms with Crippen LogP contribution in [0.15, 0.2) is 30.3 Å². The number of carboxylic acid groups (broad SMARTS) is 2. The Kier molecular flexibility index (Phi) is 5.87. The molecule has 0 aliphatic heterocycles. The van der Waals surface area contributed by atoms with Crippen molar-refractivity contribution in [2.24, 2.45) is 5.41 Å². The fourth-order valence-electron chi connectivity index (χ4n) is 1.52. The Morgan fingerprint density at radius 3 is 1.95 bits per heavy atom. The van der Waals surface area contributed by atoms with Crippen LogP contribution in [0.4, 0.5) is 0 Å². The molecule has 0 amide bonds. The Morgan fingerprint density at radius 1 is 1.05 bits per heavy atom. The number of ether oxygens (including phenoxy) is 1. The molecule has 6 heteroatoms. The highest BCUT2D eigenvalue weighted by Gasteiger charge is 2.53. The first-order chi connectivity index (χ1) is 8.72. The molecule has 20 heavy (non-hydrogen) atoms. The molecule has 1 unspecified atom stereocenters. The second-order valence-corrected chi connectivity index (χ2v) is 5.04. The lowest BCUT2D eigenvalue weighted by Gasteiger charge is -2.37. The summed E-state index contributed by atoms with van der Waals surface area (Å²) in [5.74, 6) is -2.51. The van der Waals surface area contributed by atoms with Crippen molar-refractivity contribution in [1.29, 1.82) is 0 Å². The Hall–Kier alpha value is -1.92. The van der Waals surface area contributed by atoms with Gasteiger partial charge in [0.15, 0.2) is 5.60 Å². The summed E-state index contributed by atoms with van der Waals surface area (Å²) < 4.78 is 5.42. The van der Waals surface area contributed by atoms with Gasteiger partial charge in [0, 0.05) is 0 Å². The van der Waals surface area contributed by atoms with E-state index in [0.29, 0.717) is 0 Å². The molecule has 1 aromatic carbocycles. The quantitative estimate of drug-likeness (QED) is 0.737. The van der Waals surface area contributed by atoms with Gasteiger partial charge in [-0.1, -0.05) is 30.3 Å². The lowest BCUT2D eigenvalue weighted by molar-refractivity contribution is -0.194. The average molecular weight is 283 g/mol. The maximum Gasteiger partial charge on any atom is 0.336 e. The Bertz CT molecular complexity index is 472. The van der Waals surface area contributed by atoms with Gasteiger partial charge in [0.1, 0.15) is 5.41 Å². The van der Waals surface area contributed by atoms with E-state index in [4.69, 9.17) is 4.74 Å². The fourth-order valence-corrected chi connectivity index (χ4v) is 1.52. The normalized spacial score (nSPS) is 13.9. The molecule has 0 saturated heterocycles. The second kappa shape index (κ2) is 6.49. The molecule has 0 spiro atoms. The molecule has 0 saturated carbocycles. The zero-order valence-electron chi connectivity index (χ0n) is 11.9. The van der Waals surface area contributed by atoms with Crippen molar-refractivity contribution < 1.29 is 24.5 Å². The Morgan fingerprint density at radius 2 is 1.55 bits per heavy atom. The summed E-state index contributed by atoms with van der Waals surface area (Å²) in [6.07, 6.45) is 0. The Labute approximate surface area is 118 Å². The lowest BCUT2D eigenvalue weighted by atomic mass is 9.75. The number of hydrogen-bond acceptors (Lipinski definition) is 4. The predicted molar refractivity (Wildman–Crippen MR) is 73.7 cm³/mol. The van der Waals surface area contributed by atoms with Crippen LogP contribution < -0.4 is 6.15 Å². The second-order valence-electron chi connectivity index (χ2n) is 5.04. The van der Waals surface area contributed by atoms with Crippen LogP contribution in [0.5, 0.6) is 0 Å². The van der Waals surface area contributed by atoms with Gasteiger partial charge in [-0.25, -0.2) is 4.79 Å². The van der Waals surface area contributed by atoms with E-state index >= 15 is 0 Å². The van der Waals surface area contributed by atoms with Gasteiger partial charge < -0.3 is 21.1 Å². The molecule has 0 radical (unpaired) electrons. The number of aliphatic carboxylic acids is 2. The third-order valence-corrected chi connectivity index (χ3v) is 3.51. The minimum atomic E-state index is -1.81. The number of carbonyl (C=O) groups is 2. The first kappa shape index (κ1) is 18.1. The van der Waals surface area contributed by atoms with Gasteiger partial charge in [-0.05, 0) is 26.3 Å². The number of carboxylic acids is 2. The van der Waals surface area contributed by atoms with Crippen molar-refractivity contribution >= 4 is 11.9 Å². The molecule has 1 aromatic rings. The van der Waals surface area contributed by atoms with Gasteiger partial charge in [0.2, 0.25) is 0 Å². The summed E-state index contributed by atoms with van der Waals surface area (Å²) in [5.41, 5.74) is -2.57. The van der Waals surface area contributed by atoms with Gasteiger partial charge in [-0.3, -0.25) is 4.79 Å². The smallest absolute Gasteiger partial charge is 0.336 e. The van der Waals surface area contributed by atoms with Crippen LogP contribution >= 0.6 is 0 Å². The fraction of sp³-hybridized carbons (Fsp3) is 0.429. The number of rotatable bonds is 6. The molecule has 1 atom stereocenters. The van der Waals surface area contributed by atoms with Gasteiger partial charge in [-0.15, -0.1) is 0 Å². The molecule has 0 aliphatic carbocycles. The predicted octanol–water partition coefficient (Wildman–Crippen LogP) is 2.32. The van der Waals surface area contributed by atoms with E-state index < -0.39 is 23.0 Å². The van der Waals surface area contributed by atoms with E-state index in [9.17, 15) is 19.8 Å². The lowest BCUT2D eigenvalue weighted by Crippen LogP contribution is -2.54. The topological polar surface area (TPSA) is 119 Å². The summed E-state index contributed by atoms with van der Waals surface area (Å²) in [6, 6.07) is 9.02. The largest absolute Gasteiger partial charge is 0.481 e. The van der Waals surface area contributed by atoms with Gasteiger partial charge in [0.25, 0.3) is 0 Å². The minimum absolute atomic E-state index is 0. The molecule has 6 nitrogen and oxygen atoms in total. The summed E-state index contributed by atoms with van der Waals surface area (Å²) >= 11 is 0. The van der Waals surface area contributed by atoms with E-state index in [2.05, 4.69) is 0 Å². The SMILES string of the molecule is CC(C)(C(=O)O)C(C)(OCc1ccccc1)C(=O)O.N.